The van der Waals surface area contributed by atoms with E-state index in [9.17, 15) is 0 Å². The molecule has 3 heteroatoms. The molecule has 1 N–H and O–H groups in total. The second kappa shape index (κ2) is 7.47. The molecule has 92 valence electrons. The number of furan rings is 1. The van der Waals surface area contributed by atoms with Crippen LogP contribution in [0.15, 0.2) is 10.5 Å². The normalized spacial score (nSPS) is 10.9. The van der Waals surface area contributed by atoms with Crippen molar-refractivity contribution < 1.29 is 9.15 Å². The third kappa shape index (κ3) is 4.37. The topological polar surface area (TPSA) is 34.4 Å². The zero-order valence-corrected chi connectivity index (χ0v) is 10.6. The molecule has 3 nitrogen and oxygen atoms in total. The van der Waals surface area contributed by atoms with E-state index in [1.54, 1.807) is 0 Å². The van der Waals surface area contributed by atoms with E-state index in [0.29, 0.717) is 6.61 Å². The molecule has 1 heterocycles. The Bertz CT molecular complexity index is 294. The standard InChI is InChI=1S/C13H23NO2/c1-4-6-14-9-13-8-12(11(3)16-13)10-15-7-5-2/h8,14H,4-7,9-10H2,1-3H3. The lowest BCUT2D eigenvalue weighted by atomic mass is 10.2. The van der Waals surface area contributed by atoms with Gasteiger partial charge in [-0.1, -0.05) is 13.8 Å². The molecule has 0 aromatic carbocycles. The molecule has 0 spiro atoms. The Morgan fingerprint density at radius 3 is 2.81 bits per heavy atom. The van der Waals surface area contributed by atoms with E-state index in [1.807, 2.05) is 6.92 Å². The number of hydrogen-bond acceptors (Lipinski definition) is 3. The number of hydrogen-bond donors (Lipinski definition) is 1. The van der Waals surface area contributed by atoms with Crippen LogP contribution in [-0.4, -0.2) is 13.2 Å². The fraction of sp³-hybridized carbons (Fsp3) is 0.692. The van der Waals surface area contributed by atoms with Gasteiger partial charge in [0.05, 0.1) is 13.2 Å². The van der Waals surface area contributed by atoms with Crippen molar-refractivity contribution in [1.82, 2.24) is 5.32 Å². The number of aryl methyl sites for hydroxylation is 1. The third-order valence-corrected chi connectivity index (χ3v) is 2.40. The fourth-order valence-corrected chi connectivity index (χ4v) is 1.53. The summed E-state index contributed by atoms with van der Waals surface area (Å²) in [5, 5.41) is 3.32. The van der Waals surface area contributed by atoms with E-state index in [2.05, 4.69) is 25.2 Å². The first-order valence-corrected chi connectivity index (χ1v) is 6.14. The fourth-order valence-electron chi connectivity index (χ4n) is 1.53. The van der Waals surface area contributed by atoms with E-state index in [-0.39, 0.29) is 0 Å². The molecule has 0 amide bonds. The zero-order chi connectivity index (χ0) is 11.8. The van der Waals surface area contributed by atoms with Crippen LogP contribution in [0.5, 0.6) is 0 Å². The van der Waals surface area contributed by atoms with E-state index in [0.717, 1.165) is 44.1 Å². The molecule has 0 aliphatic rings. The predicted octanol–water partition coefficient (Wildman–Crippen LogP) is 3.01. The molecule has 0 fully saturated rings. The summed E-state index contributed by atoms with van der Waals surface area (Å²) in [5.74, 6) is 1.98. The molecule has 16 heavy (non-hydrogen) atoms. The number of nitrogens with one attached hydrogen (secondary N) is 1. The van der Waals surface area contributed by atoms with Crippen LogP contribution in [0.4, 0.5) is 0 Å². The van der Waals surface area contributed by atoms with Gasteiger partial charge >= 0.3 is 0 Å². The first-order valence-electron chi connectivity index (χ1n) is 6.14. The van der Waals surface area contributed by atoms with Crippen molar-refractivity contribution in [2.45, 2.75) is 46.8 Å². The molecule has 1 aromatic heterocycles. The molecule has 0 aliphatic heterocycles. The summed E-state index contributed by atoms with van der Waals surface area (Å²) in [5.41, 5.74) is 1.17. The molecular formula is C13H23NO2. The largest absolute Gasteiger partial charge is 0.465 e. The van der Waals surface area contributed by atoms with Gasteiger partial charge in [0, 0.05) is 12.2 Å². The predicted molar refractivity (Wildman–Crippen MR) is 65.4 cm³/mol. The van der Waals surface area contributed by atoms with Crippen LogP contribution in [0.25, 0.3) is 0 Å². The van der Waals surface area contributed by atoms with Crippen molar-refractivity contribution >= 4 is 0 Å². The molecular weight excluding hydrogens is 202 g/mol. The smallest absolute Gasteiger partial charge is 0.118 e. The van der Waals surface area contributed by atoms with Gasteiger partial charge in [-0.05, 0) is 32.4 Å². The van der Waals surface area contributed by atoms with Gasteiger partial charge in [-0.2, -0.15) is 0 Å². The number of ether oxygens (including phenoxy) is 1. The summed E-state index contributed by atoms with van der Waals surface area (Å²) in [6, 6.07) is 2.09. The van der Waals surface area contributed by atoms with Gasteiger partial charge in [0.15, 0.2) is 0 Å². The number of rotatable bonds is 8. The minimum atomic E-state index is 0.664. The van der Waals surface area contributed by atoms with Crippen molar-refractivity contribution in [2.24, 2.45) is 0 Å². The van der Waals surface area contributed by atoms with Crippen LogP contribution in [0.2, 0.25) is 0 Å². The Morgan fingerprint density at radius 1 is 1.31 bits per heavy atom. The molecule has 0 bridgehead atoms. The van der Waals surface area contributed by atoms with Gasteiger partial charge < -0.3 is 14.5 Å². The first-order chi connectivity index (χ1) is 7.77. The Hall–Kier alpha value is -0.800. The molecule has 0 aliphatic carbocycles. The summed E-state index contributed by atoms with van der Waals surface area (Å²) in [6.07, 6.45) is 2.20. The maximum atomic E-state index is 5.65. The molecule has 0 radical (unpaired) electrons. The van der Waals surface area contributed by atoms with Crippen LogP contribution in [0.3, 0.4) is 0 Å². The maximum absolute atomic E-state index is 5.65. The van der Waals surface area contributed by atoms with Crippen molar-refractivity contribution in [3.63, 3.8) is 0 Å². The monoisotopic (exact) mass is 225 g/mol. The average molecular weight is 225 g/mol. The Labute approximate surface area is 98.2 Å². The molecule has 0 atom stereocenters. The highest BCUT2D eigenvalue weighted by Gasteiger charge is 2.06. The molecule has 1 rings (SSSR count). The highest BCUT2D eigenvalue weighted by atomic mass is 16.5. The van der Waals surface area contributed by atoms with Crippen LogP contribution < -0.4 is 5.32 Å². The third-order valence-electron chi connectivity index (χ3n) is 2.40. The second-order valence-electron chi connectivity index (χ2n) is 4.02. The van der Waals surface area contributed by atoms with Crippen molar-refractivity contribution in [3.05, 3.63) is 23.2 Å². The van der Waals surface area contributed by atoms with Gasteiger partial charge in [0.1, 0.15) is 11.5 Å². The lowest BCUT2D eigenvalue weighted by molar-refractivity contribution is 0.120. The lowest BCUT2D eigenvalue weighted by Crippen LogP contribution is -2.13. The summed E-state index contributed by atoms with van der Waals surface area (Å²) in [4.78, 5) is 0. The van der Waals surface area contributed by atoms with Gasteiger partial charge in [0.2, 0.25) is 0 Å². The molecule has 0 unspecified atom stereocenters. The summed E-state index contributed by atoms with van der Waals surface area (Å²) < 4.78 is 11.2. The van der Waals surface area contributed by atoms with Crippen molar-refractivity contribution in [2.75, 3.05) is 13.2 Å². The average Bonchev–Trinajstić information content (AvgIpc) is 2.61. The Kier molecular flexibility index (Phi) is 6.19. The van der Waals surface area contributed by atoms with E-state index in [1.165, 1.54) is 5.56 Å². The summed E-state index contributed by atoms with van der Waals surface area (Å²) >= 11 is 0. The maximum Gasteiger partial charge on any atom is 0.118 e. The minimum Gasteiger partial charge on any atom is -0.465 e. The van der Waals surface area contributed by atoms with E-state index >= 15 is 0 Å². The molecule has 0 saturated carbocycles. The zero-order valence-electron chi connectivity index (χ0n) is 10.6. The van der Waals surface area contributed by atoms with Crippen LogP contribution in [-0.2, 0) is 17.9 Å². The van der Waals surface area contributed by atoms with Crippen LogP contribution in [0, 0.1) is 6.92 Å². The van der Waals surface area contributed by atoms with Crippen molar-refractivity contribution in [3.8, 4) is 0 Å². The summed E-state index contributed by atoms with van der Waals surface area (Å²) in [7, 11) is 0. The van der Waals surface area contributed by atoms with E-state index < -0.39 is 0 Å². The Balaban J connectivity index is 2.39. The highest BCUT2D eigenvalue weighted by molar-refractivity contribution is 5.19. The Morgan fingerprint density at radius 2 is 2.12 bits per heavy atom. The molecule has 1 aromatic rings. The molecule has 0 saturated heterocycles. The van der Waals surface area contributed by atoms with Gasteiger partial charge in [-0.15, -0.1) is 0 Å². The quantitative estimate of drug-likeness (QED) is 0.691. The lowest BCUT2D eigenvalue weighted by Gasteiger charge is -1.99. The summed E-state index contributed by atoms with van der Waals surface area (Å²) in [6.45, 7) is 9.58. The minimum absolute atomic E-state index is 0.664. The van der Waals surface area contributed by atoms with Gasteiger partial charge in [-0.25, -0.2) is 0 Å². The van der Waals surface area contributed by atoms with Gasteiger partial charge in [0.25, 0.3) is 0 Å². The van der Waals surface area contributed by atoms with Gasteiger partial charge in [-0.3, -0.25) is 0 Å². The first kappa shape index (κ1) is 13.3. The SMILES string of the molecule is CCCNCc1cc(COCCC)c(C)o1. The van der Waals surface area contributed by atoms with Crippen LogP contribution >= 0.6 is 0 Å². The highest BCUT2D eigenvalue weighted by Crippen LogP contribution is 2.15. The van der Waals surface area contributed by atoms with Crippen molar-refractivity contribution in [1.29, 1.82) is 0 Å². The second-order valence-corrected chi connectivity index (χ2v) is 4.02. The van der Waals surface area contributed by atoms with E-state index in [4.69, 9.17) is 9.15 Å². The van der Waals surface area contributed by atoms with Crippen LogP contribution in [0.1, 0.15) is 43.8 Å².